The molecule has 0 unspecified atom stereocenters. The maximum absolute atomic E-state index is 12.8. The van der Waals surface area contributed by atoms with Crippen LogP contribution in [-0.2, 0) is 13.5 Å². The summed E-state index contributed by atoms with van der Waals surface area (Å²) in [4.78, 5) is 30.5. The van der Waals surface area contributed by atoms with Crippen LogP contribution < -0.4 is 10.9 Å². The molecule has 2 aromatic carbocycles. The van der Waals surface area contributed by atoms with Gasteiger partial charge < -0.3 is 4.57 Å². The fraction of sp³-hybridized carbons (Fsp3) is 0.136. The fourth-order valence-corrected chi connectivity index (χ4v) is 4.32. The maximum atomic E-state index is 12.8. The van der Waals surface area contributed by atoms with Crippen molar-refractivity contribution in [3.63, 3.8) is 0 Å². The molecule has 5 nitrogen and oxygen atoms in total. The van der Waals surface area contributed by atoms with Crippen molar-refractivity contribution in [2.24, 2.45) is 7.05 Å². The molecule has 4 rings (SSSR count). The third-order valence-corrected chi connectivity index (χ3v) is 6.58. The first-order chi connectivity index (χ1) is 13.9. The van der Waals surface area contributed by atoms with Crippen LogP contribution in [0.1, 0.15) is 26.4 Å². The number of carbonyl (C=O) groups excluding carboxylic acids is 1. The number of amides is 1. The van der Waals surface area contributed by atoms with Gasteiger partial charge >= 0.3 is 0 Å². The van der Waals surface area contributed by atoms with Crippen LogP contribution in [-0.4, -0.2) is 15.5 Å². The van der Waals surface area contributed by atoms with Crippen LogP contribution in [0.4, 0.5) is 5.13 Å². The fourth-order valence-electron chi connectivity index (χ4n) is 3.23. The van der Waals surface area contributed by atoms with Crippen LogP contribution in [0, 0.1) is 6.92 Å². The zero-order valence-corrected chi connectivity index (χ0v) is 18.3. The van der Waals surface area contributed by atoms with E-state index in [1.54, 1.807) is 13.2 Å². The Bertz CT molecular complexity index is 1290. The smallest absolute Gasteiger partial charge is 0.258 e. The predicted octanol–water partition coefficient (Wildman–Crippen LogP) is 4.91. The maximum Gasteiger partial charge on any atom is 0.258 e. The molecule has 0 spiro atoms. The number of aryl methyl sites for hydroxylation is 2. The minimum Gasteiger partial charge on any atom is -0.311 e. The van der Waals surface area contributed by atoms with Crippen LogP contribution in [0.15, 0.2) is 64.0 Å². The number of hydrogen-bond donors (Lipinski definition) is 1. The molecule has 146 valence electrons. The second-order valence-corrected chi connectivity index (χ2v) is 8.79. The van der Waals surface area contributed by atoms with Gasteiger partial charge in [0.1, 0.15) is 0 Å². The summed E-state index contributed by atoms with van der Waals surface area (Å²) >= 11 is 4.95. The van der Waals surface area contributed by atoms with Gasteiger partial charge in [-0.3, -0.25) is 14.9 Å². The number of benzene rings is 2. The Morgan fingerprint density at radius 2 is 2.00 bits per heavy atom. The molecule has 0 aliphatic heterocycles. The van der Waals surface area contributed by atoms with Crippen LogP contribution in [0.3, 0.4) is 0 Å². The molecule has 4 aromatic rings. The number of thiazole rings is 1. The van der Waals surface area contributed by atoms with Crippen molar-refractivity contribution in [3.8, 4) is 0 Å². The number of halogens is 1. The highest BCUT2D eigenvalue weighted by Gasteiger charge is 2.15. The second kappa shape index (κ2) is 7.93. The van der Waals surface area contributed by atoms with Gasteiger partial charge in [-0.2, -0.15) is 0 Å². The number of pyridine rings is 1. The minimum absolute atomic E-state index is 0.223. The van der Waals surface area contributed by atoms with Crippen LogP contribution >= 0.6 is 27.3 Å². The SMILES string of the molecule is Cc1cc(Cc2cnc(NC(=O)c3cc(=O)n(C)c4ccccc34)s2)ccc1Br. The van der Waals surface area contributed by atoms with Crippen molar-refractivity contribution in [3.05, 3.63) is 91.1 Å². The monoisotopic (exact) mass is 467 g/mol. The van der Waals surface area contributed by atoms with E-state index in [1.165, 1.54) is 33.1 Å². The lowest BCUT2D eigenvalue weighted by Gasteiger charge is -2.09. The minimum atomic E-state index is -0.334. The Labute approximate surface area is 180 Å². The van der Waals surface area contributed by atoms with Gasteiger partial charge in [-0.05, 0) is 30.2 Å². The molecule has 1 amide bonds. The van der Waals surface area contributed by atoms with Crippen molar-refractivity contribution in [1.82, 2.24) is 9.55 Å². The van der Waals surface area contributed by atoms with E-state index in [1.807, 2.05) is 30.3 Å². The first kappa shape index (κ1) is 19.5. The van der Waals surface area contributed by atoms with Crippen molar-refractivity contribution in [2.75, 3.05) is 5.32 Å². The number of anilines is 1. The highest BCUT2D eigenvalue weighted by Crippen LogP contribution is 2.25. The molecule has 0 atom stereocenters. The van der Waals surface area contributed by atoms with E-state index < -0.39 is 0 Å². The van der Waals surface area contributed by atoms with Gasteiger partial charge in [0.25, 0.3) is 11.5 Å². The molecule has 7 heteroatoms. The van der Waals surface area contributed by atoms with Crippen molar-refractivity contribution in [2.45, 2.75) is 13.3 Å². The molecule has 2 heterocycles. The lowest BCUT2D eigenvalue weighted by Crippen LogP contribution is -2.21. The van der Waals surface area contributed by atoms with E-state index >= 15 is 0 Å². The summed E-state index contributed by atoms with van der Waals surface area (Å²) in [6, 6.07) is 15.0. The summed E-state index contributed by atoms with van der Waals surface area (Å²) in [5.74, 6) is -0.334. The average molecular weight is 468 g/mol. The Kier molecular flexibility index (Phi) is 5.34. The van der Waals surface area contributed by atoms with Crippen molar-refractivity contribution < 1.29 is 4.79 Å². The molecular weight excluding hydrogens is 450 g/mol. The Morgan fingerprint density at radius 1 is 1.21 bits per heavy atom. The van der Waals surface area contributed by atoms with Crippen molar-refractivity contribution >= 4 is 49.2 Å². The zero-order valence-electron chi connectivity index (χ0n) is 15.9. The Hall–Kier alpha value is -2.77. The number of nitrogens with one attached hydrogen (secondary N) is 1. The molecule has 0 fully saturated rings. The number of para-hydroxylation sites is 1. The quantitative estimate of drug-likeness (QED) is 0.463. The molecule has 0 saturated heterocycles. The lowest BCUT2D eigenvalue weighted by molar-refractivity contribution is 0.102. The van der Waals surface area contributed by atoms with Crippen LogP contribution in [0.25, 0.3) is 10.9 Å². The molecule has 29 heavy (non-hydrogen) atoms. The topological polar surface area (TPSA) is 64.0 Å². The molecule has 0 aliphatic rings. The van der Waals surface area contributed by atoms with E-state index in [2.05, 4.69) is 45.3 Å². The van der Waals surface area contributed by atoms with Crippen molar-refractivity contribution in [1.29, 1.82) is 0 Å². The second-order valence-electron chi connectivity index (χ2n) is 6.82. The Balaban J connectivity index is 1.57. The number of aromatic nitrogens is 2. The first-order valence-corrected chi connectivity index (χ1v) is 10.6. The van der Waals surface area contributed by atoms with Crippen LogP contribution in [0.5, 0.6) is 0 Å². The third-order valence-electron chi connectivity index (χ3n) is 4.77. The average Bonchev–Trinajstić information content (AvgIpc) is 3.14. The van der Waals surface area contributed by atoms with Gasteiger partial charge in [0.15, 0.2) is 5.13 Å². The third kappa shape index (κ3) is 4.02. The first-order valence-electron chi connectivity index (χ1n) is 9.02. The molecule has 2 aromatic heterocycles. The molecule has 0 aliphatic carbocycles. The van der Waals surface area contributed by atoms with Gasteiger partial charge in [-0.1, -0.05) is 46.3 Å². The van der Waals surface area contributed by atoms with E-state index in [0.717, 1.165) is 26.7 Å². The largest absolute Gasteiger partial charge is 0.311 e. The number of fused-ring (bicyclic) bond motifs is 1. The summed E-state index contributed by atoms with van der Waals surface area (Å²) in [6.45, 7) is 2.06. The highest BCUT2D eigenvalue weighted by atomic mass is 79.9. The van der Waals surface area contributed by atoms with Gasteiger partial charge in [0, 0.05) is 40.5 Å². The zero-order chi connectivity index (χ0) is 20.5. The van der Waals surface area contributed by atoms with Gasteiger partial charge in [0.05, 0.1) is 11.1 Å². The van der Waals surface area contributed by atoms with E-state index in [4.69, 9.17) is 0 Å². The highest BCUT2D eigenvalue weighted by molar-refractivity contribution is 9.10. The van der Waals surface area contributed by atoms with Gasteiger partial charge in [0.2, 0.25) is 0 Å². The molecule has 1 N–H and O–H groups in total. The molecule has 0 radical (unpaired) electrons. The normalized spacial score (nSPS) is 11.0. The lowest BCUT2D eigenvalue weighted by atomic mass is 10.1. The molecule has 0 saturated carbocycles. The summed E-state index contributed by atoms with van der Waals surface area (Å²) in [5.41, 5.74) is 3.21. The van der Waals surface area contributed by atoms with E-state index in [-0.39, 0.29) is 11.5 Å². The number of nitrogens with zero attached hydrogens (tertiary/aromatic N) is 2. The number of rotatable bonds is 4. The number of hydrogen-bond acceptors (Lipinski definition) is 4. The number of carbonyl (C=O) groups is 1. The van der Waals surface area contributed by atoms with Gasteiger partial charge in [-0.25, -0.2) is 4.98 Å². The van der Waals surface area contributed by atoms with E-state index in [9.17, 15) is 9.59 Å². The summed E-state index contributed by atoms with van der Waals surface area (Å²) in [7, 11) is 1.70. The van der Waals surface area contributed by atoms with Gasteiger partial charge in [-0.15, -0.1) is 11.3 Å². The standard InChI is InChI=1S/C22H18BrN3O2S/c1-13-9-14(7-8-18(13)23)10-15-12-24-22(29-15)25-21(28)17-11-20(27)26(2)19-6-4-3-5-16(17)19/h3-9,11-12H,10H2,1-2H3,(H,24,25,28). The van der Waals surface area contributed by atoms with Crippen LogP contribution in [0.2, 0.25) is 0 Å². The van der Waals surface area contributed by atoms with E-state index in [0.29, 0.717) is 10.7 Å². The summed E-state index contributed by atoms with van der Waals surface area (Å²) < 4.78 is 2.62. The Morgan fingerprint density at radius 3 is 2.79 bits per heavy atom. The summed E-state index contributed by atoms with van der Waals surface area (Å²) in [6.07, 6.45) is 2.52. The summed E-state index contributed by atoms with van der Waals surface area (Å²) in [5, 5.41) is 4.08. The molecule has 0 bridgehead atoms. The molecular formula is C22H18BrN3O2S. The predicted molar refractivity (Wildman–Crippen MR) is 121 cm³/mol.